The zero-order chi connectivity index (χ0) is 19.9. The molecule has 4 nitrogen and oxygen atoms in total. The van der Waals surface area contributed by atoms with Crippen molar-refractivity contribution in [2.75, 3.05) is 0 Å². The van der Waals surface area contributed by atoms with Gasteiger partial charge in [-0.1, -0.05) is 29.8 Å². The summed E-state index contributed by atoms with van der Waals surface area (Å²) in [6, 6.07) is 12.8. The molecule has 0 saturated carbocycles. The molecule has 1 aliphatic rings. The monoisotopic (exact) mass is 391 g/mol. The summed E-state index contributed by atoms with van der Waals surface area (Å²) in [5, 5.41) is 11.8. The Morgan fingerprint density at radius 3 is 2.82 bits per heavy atom. The Morgan fingerprint density at radius 2 is 2.00 bits per heavy atom. The molecular formula is C23H18ClNO3. The summed E-state index contributed by atoms with van der Waals surface area (Å²) in [6.07, 6.45) is 6.62. The normalized spacial score (nSPS) is 14.8. The van der Waals surface area contributed by atoms with Crippen LogP contribution in [0.2, 0.25) is 5.15 Å². The van der Waals surface area contributed by atoms with E-state index in [1.165, 1.54) is 6.08 Å². The first-order valence-corrected chi connectivity index (χ1v) is 9.24. The van der Waals surface area contributed by atoms with Gasteiger partial charge in [-0.2, -0.15) is 0 Å². The number of halogens is 1. The lowest BCUT2D eigenvalue weighted by Crippen LogP contribution is -2.27. The van der Waals surface area contributed by atoms with Crippen LogP contribution in [0.25, 0.3) is 23.1 Å². The maximum Gasteiger partial charge on any atom is 0.189 e. The molecule has 140 valence electrons. The lowest BCUT2D eigenvalue weighted by Gasteiger charge is -2.28. The standard InChI is InChI=1S/C23H18ClNO3/c1-23(2)12-11-17-20(28-23)10-8-16(21(17)27)19(26)9-7-15-13-14-5-3-4-6-18(14)25-22(15)24/h3-13,27H,1-2H3/b9-7+. The van der Waals surface area contributed by atoms with Gasteiger partial charge in [-0.3, -0.25) is 4.79 Å². The summed E-state index contributed by atoms with van der Waals surface area (Å²) >= 11 is 6.24. The van der Waals surface area contributed by atoms with Crippen LogP contribution in [0.4, 0.5) is 0 Å². The molecule has 2 aromatic carbocycles. The molecule has 0 radical (unpaired) electrons. The predicted octanol–water partition coefficient (Wildman–Crippen LogP) is 5.67. The van der Waals surface area contributed by atoms with Crippen LogP contribution in [0, 0.1) is 0 Å². The molecule has 0 amide bonds. The number of allylic oxidation sites excluding steroid dienone is 1. The van der Waals surface area contributed by atoms with Crippen LogP contribution in [0.15, 0.2) is 54.6 Å². The van der Waals surface area contributed by atoms with E-state index in [2.05, 4.69) is 4.98 Å². The molecule has 0 atom stereocenters. The van der Waals surface area contributed by atoms with Gasteiger partial charge in [-0.05, 0) is 62.4 Å². The molecule has 1 aliphatic heterocycles. The fourth-order valence-corrected chi connectivity index (χ4v) is 3.33. The number of hydrogen-bond donors (Lipinski definition) is 1. The Morgan fingerprint density at radius 1 is 1.21 bits per heavy atom. The van der Waals surface area contributed by atoms with Crippen LogP contribution in [0.5, 0.6) is 11.5 Å². The minimum atomic E-state index is -0.454. The topological polar surface area (TPSA) is 59.4 Å². The van der Waals surface area contributed by atoms with E-state index in [1.807, 2.05) is 50.3 Å². The van der Waals surface area contributed by atoms with Gasteiger partial charge in [0.2, 0.25) is 0 Å². The number of ketones is 1. The van der Waals surface area contributed by atoms with E-state index in [1.54, 1.807) is 24.3 Å². The van der Waals surface area contributed by atoms with Crippen molar-refractivity contribution in [1.29, 1.82) is 0 Å². The lowest BCUT2D eigenvalue weighted by atomic mass is 9.98. The summed E-state index contributed by atoms with van der Waals surface area (Å²) in [5.74, 6) is 0.122. The van der Waals surface area contributed by atoms with Crippen LogP contribution in [-0.2, 0) is 0 Å². The molecule has 0 saturated heterocycles. The number of carbonyl (C=O) groups excluding carboxylic acids is 1. The summed E-state index contributed by atoms with van der Waals surface area (Å²) < 4.78 is 5.82. The first-order chi connectivity index (χ1) is 13.3. The Balaban J connectivity index is 1.65. The zero-order valence-electron chi connectivity index (χ0n) is 15.4. The minimum absolute atomic E-state index is 0.0957. The largest absolute Gasteiger partial charge is 0.506 e. The molecule has 5 heteroatoms. The quantitative estimate of drug-likeness (QED) is 0.355. The van der Waals surface area contributed by atoms with Crippen LogP contribution in [0.1, 0.15) is 35.3 Å². The number of phenolic OH excluding ortho intramolecular Hbond substituents is 1. The molecule has 28 heavy (non-hydrogen) atoms. The Bertz CT molecular complexity index is 1160. The van der Waals surface area contributed by atoms with Gasteiger partial charge >= 0.3 is 0 Å². The zero-order valence-corrected chi connectivity index (χ0v) is 16.2. The van der Waals surface area contributed by atoms with E-state index >= 15 is 0 Å². The number of aromatic hydroxyl groups is 1. The third kappa shape index (κ3) is 3.39. The highest BCUT2D eigenvalue weighted by Gasteiger charge is 2.25. The summed E-state index contributed by atoms with van der Waals surface area (Å²) in [4.78, 5) is 17.0. The minimum Gasteiger partial charge on any atom is -0.506 e. The van der Waals surface area contributed by atoms with Crippen molar-refractivity contribution in [2.24, 2.45) is 0 Å². The van der Waals surface area contributed by atoms with E-state index in [9.17, 15) is 9.90 Å². The SMILES string of the molecule is CC1(C)C=Cc2c(ccc(C(=O)/C=C/c3cc4ccccc4nc3Cl)c2O)O1. The van der Waals surface area contributed by atoms with Crippen molar-refractivity contribution in [3.05, 3.63) is 76.5 Å². The molecule has 1 N–H and O–H groups in total. The molecule has 0 unspecified atom stereocenters. The third-order valence-electron chi connectivity index (χ3n) is 4.59. The van der Waals surface area contributed by atoms with Gasteiger partial charge in [0.1, 0.15) is 22.3 Å². The smallest absolute Gasteiger partial charge is 0.189 e. The lowest BCUT2D eigenvalue weighted by molar-refractivity contribution is 0.104. The van der Waals surface area contributed by atoms with E-state index in [0.29, 0.717) is 22.0 Å². The first kappa shape index (κ1) is 18.3. The molecule has 1 aromatic heterocycles. The Labute approximate surface area is 167 Å². The number of rotatable bonds is 3. The van der Waals surface area contributed by atoms with Gasteiger partial charge < -0.3 is 9.84 Å². The molecule has 0 aliphatic carbocycles. The van der Waals surface area contributed by atoms with Crippen molar-refractivity contribution in [1.82, 2.24) is 4.98 Å². The molecule has 4 rings (SSSR count). The van der Waals surface area contributed by atoms with Gasteiger partial charge in [0, 0.05) is 10.9 Å². The highest BCUT2D eigenvalue weighted by molar-refractivity contribution is 6.31. The molecular weight excluding hydrogens is 374 g/mol. The average molecular weight is 392 g/mol. The summed E-state index contributed by atoms with van der Waals surface area (Å²) in [5.41, 5.74) is 1.68. The number of nitrogens with zero attached hydrogens (tertiary/aromatic N) is 1. The second-order valence-corrected chi connectivity index (χ2v) is 7.53. The van der Waals surface area contributed by atoms with Gasteiger partial charge in [0.05, 0.1) is 16.6 Å². The fraction of sp³-hybridized carbons (Fsp3) is 0.130. The van der Waals surface area contributed by atoms with Crippen LogP contribution >= 0.6 is 11.6 Å². The summed E-state index contributed by atoms with van der Waals surface area (Å²) in [7, 11) is 0. The highest BCUT2D eigenvalue weighted by atomic mass is 35.5. The predicted molar refractivity (Wildman–Crippen MR) is 112 cm³/mol. The summed E-state index contributed by atoms with van der Waals surface area (Å²) in [6.45, 7) is 3.85. The van der Waals surface area contributed by atoms with Gasteiger partial charge in [-0.15, -0.1) is 0 Å². The number of pyridine rings is 1. The first-order valence-electron chi connectivity index (χ1n) is 8.86. The van der Waals surface area contributed by atoms with Crippen molar-refractivity contribution in [3.8, 4) is 11.5 Å². The number of hydrogen-bond acceptors (Lipinski definition) is 4. The third-order valence-corrected chi connectivity index (χ3v) is 4.89. The van der Waals surface area contributed by atoms with Gasteiger partial charge in [0.15, 0.2) is 5.78 Å². The van der Waals surface area contributed by atoms with Crippen molar-refractivity contribution in [3.63, 3.8) is 0 Å². The maximum absolute atomic E-state index is 12.7. The maximum atomic E-state index is 12.7. The van der Waals surface area contributed by atoms with E-state index < -0.39 is 5.60 Å². The van der Waals surface area contributed by atoms with E-state index in [0.717, 1.165) is 10.9 Å². The van der Waals surface area contributed by atoms with Crippen molar-refractivity contribution < 1.29 is 14.6 Å². The average Bonchev–Trinajstić information content (AvgIpc) is 2.65. The molecule has 0 bridgehead atoms. The van der Waals surface area contributed by atoms with Crippen molar-refractivity contribution in [2.45, 2.75) is 19.4 Å². The number of para-hydroxylation sites is 1. The molecule has 0 spiro atoms. The Kier molecular flexibility index (Phi) is 4.44. The highest BCUT2D eigenvalue weighted by Crippen LogP contribution is 2.38. The second-order valence-electron chi connectivity index (χ2n) is 7.17. The fourth-order valence-electron chi connectivity index (χ4n) is 3.12. The molecule has 2 heterocycles. The van der Waals surface area contributed by atoms with E-state index in [-0.39, 0.29) is 17.1 Å². The van der Waals surface area contributed by atoms with Crippen molar-refractivity contribution >= 4 is 40.4 Å². The second kappa shape index (κ2) is 6.80. The van der Waals surface area contributed by atoms with E-state index in [4.69, 9.17) is 16.3 Å². The molecule has 3 aromatic rings. The number of phenols is 1. The van der Waals surface area contributed by atoms with Crippen LogP contribution in [-0.4, -0.2) is 21.5 Å². The number of aromatic nitrogens is 1. The number of benzene rings is 2. The number of ether oxygens (including phenoxy) is 1. The van der Waals surface area contributed by atoms with Gasteiger partial charge in [-0.25, -0.2) is 4.98 Å². The van der Waals surface area contributed by atoms with Crippen LogP contribution < -0.4 is 4.74 Å². The number of carbonyl (C=O) groups is 1. The number of fused-ring (bicyclic) bond motifs is 2. The van der Waals surface area contributed by atoms with Gasteiger partial charge in [0.25, 0.3) is 0 Å². The molecule has 0 fully saturated rings. The Hall–Kier alpha value is -3.11. The van der Waals surface area contributed by atoms with Crippen LogP contribution in [0.3, 0.4) is 0 Å².